The molecule has 0 saturated carbocycles. The predicted molar refractivity (Wildman–Crippen MR) is 99.8 cm³/mol. The lowest BCUT2D eigenvalue weighted by atomic mass is 9.96. The molecule has 2 aromatic rings. The van der Waals surface area contributed by atoms with E-state index in [1.807, 2.05) is 0 Å². The van der Waals surface area contributed by atoms with Gasteiger partial charge in [-0.05, 0) is 36.4 Å². The maximum atomic E-state index is 12.3. The number of nitro groups is 1. The monoisotopic (exact) mass is 386 g/mol. The van der Waals surface area contributed by atoms with Crippen molar-refractivity contribution < 1.29 is 29.2 Å². The number of benzene rings is 2. The Morgan fingerprint density at radius 1 is 1.14 bits per heavy atom. The zero-order valence-corrected chi connectivity index (χ0v) is 15.2. The van der Waals surface area contributed by atoms with Crippen LogP contribution in [0.4, 0.5) is 11.4 Å². The molecule has 2 aromatic carbocycles. The fourth-order valence-corrected chi connectivity index (χ4v) is 2.52. The number of rotatable bonds is 8. The number of aliphatic carboxylic acids is 1. The second-order valence-corrected chi connectivity index (χ2v) is 6.03. The summed E-state index contributed by atoms with van der Waals surface area (Å²) in [6, 6.07) is 9.77. The molecule has 0 radical (unpaired) electrons. The molecule has 1 atom stereocenters. The highest BCUT2D eigenvalue weighted by molar-refractivity contribution is 6.06. The Bertz CT molecular complexity index is 922. The van der Waals surface area contributed by atoms with Crippen molar-refractivity contribution in [3.63, 3.8) is 0 Å². The molecule has 28 heavy (non-hydrogen) atoms. The van der Waals surface area contributed by atoms with Crippen LogP contribution in [0, 0.1) is 16.0 Å². The molecule has 2 rings (SSSR count). The number of carbonyl (C=O) groups is 3. The number of nitrogens with zero attached hydrogens (tertiary/aromatic N) is 1. The maximum Gasteiger partial charge on any atom is 0.304 e. The van der Waals surface area contributed by atoms with Crippen LogP contribution >= 0.6 is 0 Å². The average Bonchev–Trinajstić information content (AvgIpc) is 2.67. The standard InChI is InChI=1S/C19H18N2O7/c1-11(9-17(22)23)18(24)13-5-8-15(16(10-13)21(26)27)20-19(25)12-3-6-14(28-2)7-4-12/h3-8,10-11H,9H2,1-2H3,(H,20,25)(H,22,23). The summed E-state index contributed by atoms with van der Waals surface area (Å²) in [5, 5.41) is 22.6. The third-order valence-corrected chi connectivity index (χ3v) is 4.01. The molecule has 0 aromatic heterocycles. The van der Waals surface area contributed by atoms with Crippen LogP contribution < -0.4 is 10.1 Å². The molecule has 0 bridgehead atoms. The minimum atomic E-state index is -1.14. The number of carboxylic acids is 1. The van der Waals surface area contributed by atoms with Crippen molar-refractivity contribution >= 4 is 29.0 Å². The van der Waals surface area contributed by atoms with Gasteiger partial charge in [0.1, 0.15) is 11.4 Å². The number of carboxylic acid groups (broad SMARTS) is 1. The third-order valence-electron chi connectivity index (χ3n) is 4.01. The molecule has 2 N–H and O–H groups in total. The molecule has 0 fully saturated rings. The summed E-state index contributed by atoms with van der Waals surface area (Å²) in [5.74, 6) is -2.51. The highest BCUT2D eigenvalue weighted by atomic mass is 16.6. The van der Waals surface area contributed by atoms with E-state index in [9.17, 15) is 24.5 Å². The summed E-state index contributed by atoms with van der Waals surface area (Å²) >= 11 is 0. The number of hydrogen-bond donors (Lipinski definition) is 2. The maximum absolute atomic E-state index is 12.3. The number of hydrogen-bond acceptors (Lipinski definition) is 6. The summed E-state index contributed by atoms with van der Waals surface area (Å²) in [6.45, 7) is 1.43. The first-order valence-corrected chi connectivity index (χ1v) is 8.22. The van der Waals surface area contributed by atoms with Crippen LogP contribution in [0.3, 0.4) is 0 Å². The minimum absolute atomic E-state index is 0.00268. The van der Waals surface area contributed by atoms with Gasteiger partial charge >= 0.3 is 5.97 Å². The highest BCUT2D eigenvalue weighted by Crippen LogP contribution is 2.28. The van der Waals surface area contributed by atoms with Crippen LogP contribution in [0.2, 0.25) is 0 Å². The van der Waals surface area contributed by atoms with E-state index in [1.165, 1.54) is 38.3 Å². The number of methoxy groups -OCH3 is 1. The molecule has 0 saturated heterocycles. The Kier molecular flexibility index (Phi) is 6.43. The number of Topliss-reactive ketones (excluding diaryl/α,β-unsaturated/α-hetero) is 1. The molecular formula is C19H18N2O7. The lowest BCUT2D eigenvalue weighted by Gasteiger charge is -2.10. The molecule has 0 spiro atoms. The second kappa shape index (κ2) is 8.76. The van der Waals surface area contributed by atoms with Gasteiger partial charge in [0, 0.05) is 23.1 Å². The second-order valence-electron chi connectivity index (χ2n) is 6.03. The zero-order valence-electron chi connectivity index (χ0n) is 15.2. The van der Waals surface area contributed by atoms with Crippen molar-refractivity contribution in [3.8, 4) is 5.75 Å². The molecule has 0 aliphatic heterocycles. The first-order valence-electron chi connectivity index (χ1n) is 8.22. The van der Waals surface area contributed by atoms with Gasteiger partial charge in [-0.15, -0.1) is 0 Å². The molecule has 9 nitrogen and oxygen atoms in total. The molecule has 0 aliphatic carbocycles. The van der Waals surface area contributed by atoms with Crippen molar-refractivity contribution in [3.05, 3.63) is 63.7 Å². The van der Waals surface area contributed by atoms with Crippen LogP contribution in [0.25, 0.3) is 0 Å². The van der Waals surface area contributed by atoms with Gasteiger partial charge in [0.25, 0.3) is 11.6 Å². The average molecular weight is 386 g/mol. The largest absolute Gasteiger partial charge is 0.497 e. The van der Waals surface area contributed by atoms with Gasteiger partial charge in [-0.25, -0.2) is 0 Å². The summed E-state index contributed by atoms with van der Waals surface area (Å²) in [6.07, 6.45) is -0.386. The Hall–Kier alpha value is -3.75. The zero-order chi connectivity index (χ0) is 20.8. The Morgan fingerprint density at radius 2 is 1.75 bits per heavy atom. The van der Waals surface area contributed by atoms with Crippen molar-refractivity contribution in [2.75, 3.05) is 12.4 Å². The Balaban J connectivity index is 2.27. The van der Waals surface area contributed by atoms with Crippen LogP contribution in [0.15, 0.2) is 42.5 Å². The minimum Gasteiger partial charge on any atom is -0.497 e. The summed E-state index contributed by atoms with van der Waals surface area (Å²) < 4.78 is 5.01. The van der Waals surface area contributed by atoms with E-state index in [2.05, 4.69) is 5.32 Å². The number of ketones is 1. The van der Waals surface area contributed by atoms with E-state index in [4.69, 9.17) is 9.84 Å². The highest BCUT2D eigenvalue weighted by Gasteiger charge is 2.23. The smallest absolute Gasteiger partial charge is 0.304 e. The fraction of sp³-hybridized carbons (Fsp3) is 0.211. The Morgan fingerprint density at radius 3 is 2.29 bits per heavy atom. The van der Waals surface area contributed by atoms with Crippen LogP contribution in [-0.2, 0) is 4.79 Å². The quantitative estimate of drug-likeness (QED) is 0.404. The Labute approximate surface area is 160 Å². The van der Waals surface area contributed by atoms with Crippen LogP contribution in [0.5, 0.6) is 5.75 Å². The van der Waals surface area contributed by atoms with E-state index >= 15 is 0 Å². The van der Waals surface area contributed by atoms with Gasteiger partial charge in [0.05, 0.1) is 18.5 Å². The van der Waals surface area contributed by atoms with Crippen molar-refractivity contribution in [1.29, 1.82) is 0 Å². The van der Waals surface area contributed by atoms with Crippen LogP contribution in [0.1, 0.15) is 34.1 Å². The molecule has 0 aliphatic rings. The number of anilines is 1. The summed E-state index contributed by atoms with van der Waals surface area (Å²) in [5.41, 5.74) is -0.267. The van der Waals surface area contributed by atoms with Crippen molar-refractivity contribution in [2.24, 2.45) is 5.92 Å². The number of carbonyl (C=O) groups excluding carboxylic acids is 2. The molecule has 9 heteroatoms. The number of amides is 1. The van der Waals surface area contributed by atoms with Crippen molar-refractivity contribution in [1.82, 2.24) is 0 Å². The predicted octanol–water partition coefficient (Wildman–Crippen LogP) is 3.15. The van der Waals surface area contributed by atoms with Crippen molar-refractivity contribution in [2.45, 2.75) is 13.3 Å². The molecule has 0 heterocycles. The van der Waals surface area contributed by atoms with Gasteiger partial charge in [-0.3, -0.25) is 24.5 Å². The van der Waals surface area contributed by atoms with Gasteiger partial charge in [-0.2, -0.15) is 0 Å². The normalized spacial score (nSPS) is 11.4. The SMILES string of the molecule is COc1ccc(C(=O)Nc2ccc(C(=O)C(C)CC(=O)O)cc2[N+](=O)[O-])cc1. The van der Waals surface area contributed by atoms with E-state index in [1.54, 1.807) is 12.1 Å². The lowest BCUT2D eigenvalue weighted by molar-refractivity contribution is -0.383. The number of nitro benzene ring substituents is 1. The van der Waals surface area contributed by atoms with E-state index in [-0.39, 0.29) is 23.2 Å². The molecule has 1 unspecified atom stereocenters. The van der Waals surface area contributed by atoms with E-state index in [0.717, 1.165) is 6.07 Å². The first-order chi connectivity index (χ1) is 13.2. The first kappa shape index (κ1) is 20.6. The van der Waals surface area contributed by atoms with Gasteiger partial charge < -0.3 is 15.2 Å². The van der Waals surface area contributed by atoms with Gasteiger partial charge in [-0.1, -0.05) is 6.92 Å². The van der Waals surface area contributed by atoms with Gasteiger partial charge in [0.15, 0.2) is 5.78 Å². The number of nitrogens with one attached hydrogen (secondary N) is 1. The molecular weight excluding hydrogens is 368 g/mol. The number of ether oxygens (including phenoxy) is 1. The van der Waals surface area contributed by atoms with E-state index in [0.29, 0.717) is 5.75 Å². The summed E-state index contributed by atoms with van der Waals surface area (Å²) in [7, 11) is 1.48. The van der Waals surface area contributed by atoms with Gasteiger partial charge in [0.2, 0.25) is 0 Å². The molecule has 1 amide bonds. The van der Waals surface area contributed by atoms with E-state index < -0.39 is 34.2 Å². The topological polar surface area (TPSA) is 136 Å². The lowest BCUT2D eigenvalue weighted by Crippen LogP contribution is -2.17. The fourth-order valence-electron chi connectivity index (χ4n) is 2.52. The summed E-state index contributed by atoms with van der Waals surface area (Å²) in [4.78, 5) is 46.0. The molecule has 146 valence electrons. The van der Waals surface area contributed by atoms with Crippen LogP contribution in [-0.4, -0.2) is 34.8 Å². The third kappa shape index (κ3) is 4.91.